The van der Waals surface area contributed by atoms with Gasteiger partial charge in [-0.2, -0.15) is 5.26 Å². The number of phenols is 1. The highest BCUT2D eigenvalue weighted by Gasteiger charge is 2.16. The number of hydrogen-bond acceptors (Lipinski definition) is 6. The van der Waals surface area contributed by atoms with Gasteiger partial charge in [0.1, 0.15) is 17.4 Å². The molecule has 7 nitrogen and oxygen atoms in total. The maximum atomic E-state index is 12.4. The molecule has 0 radical (unpaired) electrons. The summed E-state index contributed by atoms with van der Waals surface area (Å²) in [5, 5.41) is 24.9. The van der Waals surface area contributed by atoms with Crippen LogP contribution in [0, 0.1) is 11.3 Å². The number of halogens is 1. The summed E-state index contributed by atoms with van der Waals surface area (Å²) in [6, 6.07) is 11.1. The average Bonchev–Trinajstić information content (AvgIpc) is 2.70. The number of aromatic hydroxyl groups is 1. The predicted octanol–water partition coefficient (Wildman–Crippen LogP) is 3.76. The van der Waals surface area contributed by atoms with E-state index in [9.17, 15) is 15.2 Å². The molecular weight excluding hydrogens is 382 g/mol. The molecule has 0 aliphatic carbocycles. The van der Waals surface area contributed by atoms with E-state index in [-0.39, 0.29) is 23.1 Å². The van der Waals surface area contributed by atoms with Gasteiger partial charge in [-0.3, -0.25) is 4.79 Å². The van der Waals surface area contributed by atoms with Crippen molar-refractivity contribution in [1.29, 1.82) is 5.26 Å². The summed E-state index contributed by atoms with van der Waals surface area (Å²) >= 11 is 5.88. The lowest BCUT2D eigenvalue weighted by Crippen LogP contribution is -2.28. The number of carbonyl (C=O) groups is 1. The zero-order chi connectivity index (χ0) is 20.7. The maximum Gasteiger partial charge on any atom is 0.263 e. The number of nitrogens with one attached hydrogen (secondary N) is 2. The van der Waals surface area contributed by atoms with Gasteiger partial charge in [-0.05, 0) is 42.8 Å². The van der Waals surface area contributed by atoms with E-state index in [4.69, 9.17) is 21.1 Å². The molecule has 1 unspecified atom stereocenters. The van der Waals surface area contributed by atoms with Gasteiger partial charge in [0.15, 0.2) is 11.5 Å². The van der Waals surface area contributed by atoms with Gasteiger partial charge in [0, 0.05) is 11.2 Å². The van der Waals surface area contributed by atoms with E-state index in [0.717, 1.165) is 5.56 Å². The van der Waals surface area contributed by atoms with Crippen LogP contribution in [0.3, 0.4) is 0 Å². The highest BCUT2D eigenvalue weighted by Crippen LogP contribution is 2.30. The third-order valence-electron chi connectivity index (χ3n) is 3.95. The molecule has 146 valence electrons. The summed E-state index contributed by atoms with van der Waals surface area (Å²) in [4.78, 5) is 12.4. The van der Waals surface area contributed by atoms with E-state index < -0.39 is 5.91 Å². The SMILES string of the molecule is COc1ccc(C(C)NC(=O)/C(C#N)=C\Nc2cc(Cl)ccc2O)cc1OC. The molecule has 8 heteroatoms. The number of amides is 1. The van der Waals surface area contributed by atoms with E-state index in [1.54, 1.807) is 25.1 Å². The van der Waals surface area contributed by atoms with Gasteiger partial charge in [0.2, 0.25) is 0 Å². The lowest BCUT2D eigenvalue weighted by atomic mass is 10.1. The second-order valence-electron chi connectivity index (χ2n) is 5.79. The number of benzene rings is 2. The van der Waals surface area contributed by atoms with Crippen molar-refractivity contribution in [3.8, 4) is 23.3 Å². The Morgan fingerprint density at radius 3 is 2.57 bits per heavy atom. The van der Waals surface area contributed by atoms with Crippen LogP contribution < -0.4 is 20.1 Å². The van der Waals surface area contributed by atoms with Crippen molar-refractivity contribution in [3.63, 3.8) is 0 Å². The predicted molar refractivity (Wildman–Crippen MR) is 107 cm³/mol. The summed E-state index contributed by atoms with van der Waals surface area (Å²) in [5.41, 5.74) is 0.899. The summed E-state index contributed by atoms with van der Waals surface area (Å²) in [6.07, 6.45) is 1.21. The minimum Gasteiger partial charge on any atom is -0.506 e. The minimum atomic E-state index is -0.571. The quantitative estimate of drug-likeness (QED) is 0.371. The Morgan fingerprint density at radius 2 is 1.93 bits per heavy atom. The molecule has 2 rings (SSSR count). The van der Waals surface area contributed by atoms with Crippen LogP contribution in [0.25, 0.3) is 0 Å². The molecule has 28 heavy (non-hydrogen) atoms. The Balaban J connectivity index is 2.13. The third kappa shape index (κ3) is 5.09. The second-order valence-corrected chi connectivity index (χ2v) is 6.22. The summed E-state index contributed by atoms with van der Waals surface area (Å²) < 4.78 is 10.5. The number of nitrogens with zero attached hydrogens (tertiary/aromatic N) is 1. The lowest BCUT2D eigenvalue weighted by molar-refractivity contribution is -0.117. The number of nitriles is 1. The van der Waals surface area contributed by atoms with Gasteiger partial charge in [0.25, 0.3) is 5.91 Å². The fourth-order valence-corrected chi connectivity index (χ4v) is 2.57. The molecule has 1 amide bonds. The van der Waals surface area contributed by atoms with E-state index in [1.807, 2.05) is 6.07 Å². The third-order valence-corrected chi connectivity index (χ3v) is 4.19. The fraction of sp³-hybridized carbons (Fsp3) is 0.200. The van der Waals surface area contributed by atoms with Gasteiger partial charge >= 0.3 is 0 Å². The van der Waals surface area contributed by atoms with Crippen LogP contribution in [0.4, 0.5) is 5.69 Å². The highest BCUT2D eigenvalue weighted by atomic mass is 35.5. The number of rotatable bonds is 7. The van der Waals surface area contributed by atoms with Gasteiger partial charge < -0.3 is 25.2 Å². The monoisotopic (exact) mass is 401 g/mol. The molecule has 3 N–H and O–H groups in total. The molecule has 0 fully saturated rings. The topological polar surface area (TPSA) is 104 Å². The molecule has 0 aliphatic heterocycles. The molecule has 0 spiro atoms. The van der Waals surface area contributed by atoms with Crippen molar-refractivity contribution in [2.45, 2.75) is 13.0 Å². The number of ether oxygens (including phenoxy) is 2. The van der Waals surface area contributed by atoms with Crippen LogP contribution in [0.5, 0.6) is 17.2 Å². The molecule has 0 heterocycles. The molecule has 0 aromatic heterocycles. The van der Waals surface area contributed by atoms with Crippen LogP contribution in [0.15, 0.2) is 48.2 Å². The van der Waals surface area contributed by atoms with Crippen molar-refractivity contribution >= 4 is 23.2 Å². The van der Waals surface area contributed by atoms with Crippen molar-refractivity contribution < 1.29 is 19.4 Å². The number of carbonyl (C=O) groups excluding carboxylic acids is 1. The van der Waals surface area contributed by atoms with E-state index >= 15 is 0 Å². The van der Waals surface area contributed by atoms with Gasteiger partial charge in [-0.1, -0.05) is 17.7 Å². The molecule has 1 atom stereocenters. The number of methoxy groups -OCH3 is 2. The van der Waals surface area contributed by atoms with Crippen LogP contribution in [0.2, 0.25) is 5.02 Å². The maximum absolute atomic E-state index is 12.4. The molecule has 0 saturated carbocycles. The van der Waals surface area contributed by atoms with E-state index in [0.29, 0.717) is 16.5 Å². The summed E-state index contributed by atoms with van der Waals surface area (Å²) in [7, 11) is 3.07. The number of hydrogen-bond donors (Lipinski definition) is 3. The Kier molecular flexibility index (Phi) is 7.13. The van der Waals surface area contributed by atoms with E-state index in [1.165, 1.54) is 38.6 Å². The Bertz CT molecular complexity index is 938. The Morgan fingerprint density at radius 1 is 1.21 bits per heavy atom. The molecule has 2 aromatic rings. The zero-order valence-corrected chi connectivity index (χ0v) is 16.4. The highest BCUT2D eigenvalue weighted by molar-refractivity contribution is 6.30. The molecule has 0 bridgehead atoms. The number of anilines is 1. The zero-order valence-electron chi connectivity index (χ0n) is 15.6. The molecule has 0 aliphatic rings. The number of phenolic OH excluding ortho intramolecular Hbond substituents is 1. The van der Waals surface area contributed by atoms with Crippen LogP contribution in [-0.2, 0) is 4.79 Å². The Hall–Kier alpha value is -3.37. The first kappa shape index (κ1) is 20.9. The van der Waals surface area contributed by atoms with Gasteiger partial charge in [-0.25, -0.2) is 0 Å². The molecule has 0 saturated heterocycles. The molecule has 2 aromatic carbocycles. The first-order valence-electron chi connectivity index (χ1n) is 8.27. The second kappa shape index (κ2) is 9.53. The smallest absolute Gasteiger partial charge is 0.263 e. The van der Waals surface area contributed by atoms with Crippen LogP contribution in [0.1, 0.15) is 18.5 Å². The fourth-order valence-electron chi connectivity index (χ4n) is 2.40. The summed E-state index contributed by atoms with van der Waals surface area (Å²) in [6.45, 7) is 1.78. The largest absolute Gasteiger partial charge is 0.506 e. The standard InChI is InChI=1S/C20H20ClN3O4/c1-12(13-4-7-18(27-2)19(8-13)28-3)24-20(26)14(10-22)11-23-16-9-15(21)5-6-17(16)25/h4-9,11-12,23,25H,1-3H3,(H,24,26)/b14-11-. The van der Waals surface area contributed by atoms with Crippen molar-refractivity contribution in [2.75, 3.05) is 19.5 Å². The minimum absolute atomic E-state index is 0.0583. The lowest BCUT2D eigenvalue weighted by Gasteiger charge is -2.16. The van der Waals surface area contributed by atoms with Crippen molar-refractivity contribution in [2.24, 2.45) is 0 Å². The van der Waals surface area contributed by atoms with Gasteiger partial charge in [0.05, 0.1) is 25.9 Å². The van der Waals surface area contributed by atoms with Crippen molar-refractivity contribution in [1.82, 2.24) is 5.32 Å². The van der Waals surface area contributed by atoms with E-state index in [2.05, 4.69) is 10.6 Å². The van der Waals surface area contributed by atoms with Gasteiger partial charge in [-0.15, -0.1) is 0 Å². The normalized spacial score (nSPS) is 11.9. The molecular formula is C20H20ClN3O4. The van der Waals surface area contributed by atoms with Crippen LogP contribution >= 0.6 is 11.6 Å². The summed E-state index contributed by atoms with van der Waals surface area (Å²) in [5.74, 6) is 0.485. The Labute approximate surface area is 168 Å². The van der Waals surface area contributed by atoms with Crippen LogP contribution in [-0.4, -0.2) is 25.2 Å². The first-order valence-corrected chi connectivity index (χ1v) is 8.65. The average molecular weight is 402 g/mol. The first-order chi connectivity index (χ1) is 13.4. The van der Waals surface area contributed by atoms with Crippen molar-refractivity contribution in [3.05, 3.63) is 58.8 Å².